The Morgan fingerprint density at radius 1 is 1.53 bits per heavy atom. The number of nitrogens with one attached hydrogen (secondary N) is 1. The van der Waals surface area contributed by atoms with Crippen molar-refractivity contribution in [3.8, 4) is 6.07 Å². The number of hydrogen-bond donors (Lipinski definition) is 1. The van der Waals surface area contributed by atoms with Gasteiger partial charge in [0, 0.05) is 13.6 Å². The molecule has 0 aliphatic rings. The van der Waals surface area contributed by atoms with Gasteiger partial charge in [-0.1, -0.05) is 6.92 Å². The zero-order valence-electron chi connectivity index (χ0n) is 10.7. The normalized spacial score (nSPS) is 11.3. The first kappa shape index (κ1) is 15.6. The summed E-state index contributed by atoms with van der Waals surface area (Å²) in [6.07, 6.45) is 0.604. The molecule has 0 aliphatic carbocycles. The summed E-state index contributed by atoms with van der Waals surface area (Å²) in [6.45, 7) is 1.88. The van der Waals surface area contributed by atoms with Crippen LogP contribution in [0, 0.1) is 11.3 Å². The molecule has 0 bridgehead atoms. The maximum Gasteiger partial charge on any atom is 0.253 e. The fourth-order valence-corrected chi connectivity index (χ4v) is 4.16. The van der Waals surface area contributed by atoms with Crippen LogP contribution in [0.4, 0.5) is 0 Å². The largest absolute Gasteiger partial charge is 0.358 e. The van der Waals surface area contributed by atoms with Gasteiger partial charge in [-0.05, 0) is 18.6 Å². The molecule has 1 aromatic heterocycles. The number of thiophene rings is 1. The van der Waals surface area contributed by atoms with Crippen molar-refractivity contribution in [3.05, 3.63) is 17.0 Å². The van der Waals surface area contributed by atoms with Gasteiger partial charge in [0.05, 0.1) is 6.54 Å². The first-order valence-electron chi connectivity index (χ1n) is 5.66. The lowest BCUT2D eigenvalue weighted by molar-refractivity contribution is -0.120. The van der Waals surface area contributed by atoms with E-state index >= 15 is 0 Å². The van der Waals surface area contributed by atoms with Crippen LogP contribution in [0.3, 0.4) is 0 Å². The summed E-state index contributed by atoms with van der Waals surface area (Å²) in [7, 11) is -2.26. The molecule has 1 rings (SSSR count). The fourth-order valence-electron chi connectivity index (χ4n) is 1.42. The number of hydrogen-bond acceptors (Lipinski definition) is 5. The van der Waals surface area contributed by atoms with Gasteiger partial charge >= 0.3 is 0 Å². The molecule has 0 aromatic carbocycles. The second-order valence-electron chi connectivity index (χ2n) is 3.74. The molecule has 1 heterocycles. The van der Waals surface area contributed by atoms with E-state index in [1.807, 2.05) is 13.0 Å². The molecule has 1 aromatic rings. The number of amides is 1. The average Bonchev–Trinajstić information content (AvgIpc) is 2.87. The van der Waals surface area contributed by atoms with Crippen molar-refractivity contribution < 1.29 is 13.2 Å². The Balaban J connectivity index is 3.05. The molecule has 19 heavy (non-hydrogen) atoms. The van der Waals surface area contributed by atoms with E-state index in [1.54, 1.807) is 0 Å². The highest BCUT2D eigenvalue weighted by Crippen LogP contribution is 2.24. The smallest absolute Gasteiger partial charge is 0.253 e. The van der Waals surface area contributed by atoms with Crippen LogP contribution in [-0.4, -0.2) is 38.8 Å². The molecule has 1 N–H and O–H groups in total. The first-order valence-corrected chi connectivity index (χ1v) is 7.92. The van der Waals surface area contributed by atoms with E-state index in [9.17, 15) is 13.2 Å². The van der Waals surface area contributed by atoms with E-state index in [0.717, 1.165) is 15.6 Å². The van der Waals surface area contributed by atoms with Gasteiger partial charge < -0.3 is 5.32 Å². The van der Waals surface area contributed by atoms with E-state index in [1.165, 1.54) is 19.2 Å². The number of nitrogens with zero attached hydrogens (tertiary/aromatic N) is 2. The fraction of sp³-hybridized carbons (Fsp3) is 0.455. The highest BCUT2D eigenvalue weighted by Gasteiger charge is 2.27. The van der Waals surface area contributed by atoms with Crippen LogP contribution in [0.2, 0.25) is 0 Å². The molecule has 1 amide bonds. The van der Waals surface area contributed by atoms with Crippen LogP contribution >= 0.6 is 11.3 Å². The summed E-state index contributed by atoms with van der Waals surface area (Å²) in [5, 5.41) is 11.1. The van der Waals surface area contributed by atoms with Crippen molar-refractivity contribution in [3.63, 3.8) is 0 Å². The Hall–Kier alpha value is -1.43. The zero-order chi connectivity index (χ0) is 14.5. The molecule has 0 aliphatic heterocycles. The number of sulfonamides is 1. The number of carbonyl (C=O) groups excluding carboxylic acids is 1. The second-order valence-corrected chi connectivity index (χ2v) is 6.99. The molecule has 0 saturated heterocycles. The SMILES string of the molecule is CCCN(CC(=O)NC)S(=O)(=O)c1ccc(C#N)s1. The highest BCUT2D eigenvalue weighted by atomic mass is 32.2. The van der Waals surface area contributed by atoms with Gasteiger partial charge in [-0.25, -0.2) is 8.42 Å². The van der Waals surface area contributed by atoms with Crippen LogP contribution in [0.5, 0.6) is 0 Å². The van der Waals surface area contributed by atoms with E-state index in [2.05, 4.69) is 5.32 Å². The minimum Gasteiger partial charge on any atom is -0.358 e. The van der Waals surface area contributed by atoms with Gasteiger partial charge in [-0.2, -0.15) is 9.57 Å². The standard InChI is InChI=1S/C11H15N3O3S2/c1-3-6-14(8-10(15)13-2)19(16,17)11-5-4-9(7-12)18-11/h4-5H,3,6,8H2,1-2H3,(H,13,15). The Kier molecular flexibility index (Phi) is 5.47. The molecule has 6 nitrogen and oxygen atoms in total. The van der Waals surface area contributed by atoms with Gasteiger partial charge in [0.2, 0.25) is 5.91 Å². The Morgan fingerprint density at radius 3 is 2.68 bits per heavy atom. The van der Waals surface area contributed by atoms with Crippen molar-refractivity contribution in [2.75, 3.05) is 20.1 Å². The summed E-state index contributed by atoms with van der Waals surface area (Å²) in [4.78, 5) is 11.7. The molecule has 8 heteroatoms. The van der Waals surface area contributed by atoms with Gasteiger partial charge in [-0.3, -0.25) is 4.79 Å². The molecule has 0 atom stereocenters. The van der Waals surface area contributed by atoms with E-state index in [-0.39, 0.29) is 23.2 Å². The van der Waals surface area contributed by atoms with Gasteiger partial charge in [0.1, 0.15) is 15.2 Å². The Bertz CT molecular complexity index is 587. The molecule has 0 fully saturated rings. The average molecular weight is 301 g/mol. The first-order chi connectivity index (χ1) is 8.95. The number of likely N-dealkylation sites (N-methyl/N-ethyl adjacent to an activating group) is 1. The lowest BCUT2D eigenvalue weighted by Gasteiger charge is -2.19. The topological polar surface area (TPSA) is 90.3 Å². The van der Waals surface area contributed by atoms with E-state index in [0.29, 0.717) is 11.3 Å². The Labute approximate surface area is 116 Å². The number of nitriles is 1. The summed E-state index contributed by atoms with van der Waals surface area (Å²) in [5.41, 5.74) is 0. The van der Waals surface area contributed by atoms with Crippen LogP contribution in [0.15, 0.2) is 16.3 Å². The third-order valence-electron chi connectivity index (χ3n) is 2.36. The summed E-state index contributed by atoms with van der Waals surface area (Å²) < 4.78 is 25.9. The molecule has 0 unspecified atom stereocenters. The van der Waals surface area contributed by atoms with Crippen molar-refractivity contribution in [1.82, 2.24) is 9.62 Å². The van der Waals surface area contributed by atoms with Crippen molar-refractivity contribution in [1.29, 1.82) is 5.26 Å². The maximum atomic E-state index is 12.3. The lowest BCUT2D eigenvalue weighted by Crippen LogP contribution is -2.39. The maximum absolute atomic E-state index is 12.3. The van der Waals surface area contributed by atoms with E-state index in [4.69, 9.17) is 5.26 Å². The summed E-state index contributed by atoms with van der Waals surface area (Å²) in [6, 6.07) is 4.75. The summed E-state index contributed by atoms with van der Waals surface area (Å²) >= 11 is 0.906. The lowest BCUT2D eigenvalue weighted by atomic mass is 10.4. The molecule has 104 valence electrons. The van der Waals surface area contributed by atoms with Crippen LogP contribution in [0.25, 0.3) is 0 Å². The van der Waals surface area contributed by atoms with Gasteiger partial charge in [0.25, 0.3) is 10.0 Å². The van der Waals surface area contributed by atoms with Crippen LogP contribution in [0.1, 0.15) is 18.2 Å². The van der Waals surface area contributed by atoms with E-state index < -0.39 is 10.0 Å². The molecular weight excluding hydrogens is 286 g/mol. The predicted molar refractivity (Wildman–Crippen MR) is 72.2 cm³/mol. The monoisotopic (exact) mass is 301 g/mol. The number of rotatable bonds is 6. The summed E-state index contributed by atoms with van der Waals surface area (Å²) in [5.74, 6) is -0.367. The predicted octanol–water partition coefficient (Wildman–Crippen LogP) is 0.766. The molecule has 0 saturated carbocycles. The molecule has 0 spiro atoms. The Morgan fingerprint density at radius 2 is 2.21 bits per heavy atom. The van der Waals surface area contributed by atoms with Gasteiger partial charge in [-0.15, -0.1) is 11.3 Å². The van der Waals surface area contributed by atoms with Gasteiger partial charge in [0.15, 0.2) is 0 Å². The van der Waals surface area contributed by atoms with Crippen molar-refractivity contribution in [2.24, 2.45) is 0 Å². The van der Waals surface area contributed by atoms with Crippen LogP contribution < -0.4 is 5.32 Å². The molecule has 0 radical (unpaired) electrons. The minimum atomic E-state index is -3.72. The minimum absolute atomic E-state index is 0.0846. The highest BCUT2D eigenvalue weighted by molar-refractivity contribution is 7.91. The third kappa shape index (κ3) is 3.76. The zero-order valence-corrected chi connectivity index (χ0v) is 12.3. The number of carbonyl (C=O) groups is 1. The second kappa shape index (κ2) is 6.65. The van der Waals surface area contributed by atoms with Crippen molar-refractivity contribution in [2.45, 2.75) is 17.6 Å². The van der Waals surface area contributed by atoms with Crippen molar-refractivity contribution >= 4 is 27.3 Å². The molecular formula is C11H15N3O3S2. The van der Waals surface area contributed by atoms with Crippen LogP contribution in [-0.2, 0) is 14.8 Å². The third-order valence-corrected chi connectivity index (χ3v) is 5.66. The quantitative estimate of drug-likeness (QED) is 0.840.